The monoisotopic (exact) mass is 400 g/mol. The van der Waals surface area contributed by atoms with Crippen molar-refractivity contribution in [3.05, 3.63) is 53.9 Å². The lowest BCUT2D eigenvalue weighted by atomic mass is 10.0. The molecule has 0 saturated heterocycles. The summed E-state index contributed by atoms with van der Waals surface area (Å²) in [7, 11) is 0. The number of pyridine rings is 1. The van der Waals surface area contributed by atoms with Crippen molar-refractivity contribution in [2.75, 3.05) is 18.9 Å². The number of aromatic nitrogens is 1. The highest BCUT2D eigenvalue weighted by molar-refractivity contribution is 6.44. The van der Waals surface area contributed by atoms with Crippen LogP contribution in [-0.2, 0) is 16.2 Å². The molecule has 1 aromatic heterocycles. The van der Waals surface area contributed by atoms with Gasteiger partial charge in [-0.3, -0.25) is 14.6 Å². The third kappa shape index (κ3) is 5.52. The number of hydrogen-bond acceptors (Lipinski definition) is 6. The van der Waals surface area contributed by atoms with Crippen molar-refractivity contribution >= 4 is 23.2 Å². The minimum Gasteiger partial charge on any atom is -0.487 e. The third-order valence-corrected chi connectivity index (χ3v) is 4.24. The zero-order chi connectivity index (χ0) is 21.4. The minimum atomic E-state index is -1.61. The molecule has 154 valence electrons. The van der Waals surface area contributed by atoms with Gasteiger partial charge < -0.3 is 26.6 Å². The maximum atomic E-state index is 12.8. The summed E-state index contributed by atoms with van der Waals surface area (Å²) in [5, 5.41) is 11.9. The molecule has 1 aromatic carbocycles. The number of hydrogen-bond donors (Lipinski definition) is 5. The molecule has 29 heavy (non-hydrogen) atoms. The predicted octanol–water partition coefficient (Wildman–Crippen LogP) is -1.52. The van der Waals surface area contributed by atoms with Crippen molar-refractivity contribution in [3.63, 3.8) is 0 Å². The second-order valence-electron chi connectivity index (χ2n) is 6.57. The van der Waals surface area contributed by atoms with Gasteiger partial charge in [-0.1, -0.05) is 6.07 Å². The number of carbonyl (C=O) groups is 2. The molecule has 2 aromatic rings. The molecule has 7 N–H and O–H groups in total. The van der Waals surface area contributed by atoms with E-state index in [4.69, 9.17) is 16.2 Å². The Hall–Kier alpha value is -3.46. The Balaban J connectivity index is 2.29. The molecule has 0 aliphatic heterocycles. The second kappa shape index (κ2) is 9.65. The molecule has 1 heterocycles. The number of nitrogens with one attached hydrogen (secondary N) is 2. The molecule has 9 nitrogen and oxygen atoms in total. The van der Waals surface area contributed by atoms with Crippen molar-refractivity contribution in [2.45, 2.75) is 26.0 Å². The second-order valence-corrected chi connectivity index (χ2v) is 6.57. The minimum absolute atomic E-state index is 0.134. The Bertz CT molecular complexity index is 901. The van der Waals surface area contributed by atoms with Crippen LogP contribution in [0.3, 0.4) is 0 Å². The van der Waals surface area contributed by atoms with Gasteiger partial charge in [-0.15, -0.1) is 0 Å². The number of nitrogen functional groups attached to an aromatic ring is 1. The first-order valence-corrected chi connectivity index (χ1v) is 9.07. The summed E-state index contributed by atoms with van der Waals surface area (Å²) in [6.45, 7) is 3.18. The average molecular weight is 400 g/mol. The summed E-state index contributed by atoms with van der Waals surface area (Å²) in [6, 6.07) is 10.4. The summed E-state index contributed by atoms with van der Waals surface area (Å²) < 4.78 is 5.75. The van der Waals surface area contributed by atoms with E-state index in [1.807, 2.05) is 25.1 Å². The standard InChI is InChI=1S/C20H25N5O4/c1-3-23-17(18(27)25-20(2,12-26)19(22)28)15-10-14(7-8-16(15)21)29-11-13-6-4-5-9-24-13/h4-10,26H,3,11-12,21H2,1-2H3,(H2,22,28)(H,25,27)/p+1. The van der Waals surface area contributed by atoms with Gasteiger partial charge in [-0.2, -0.15) is 0 Å². The van der Waals surface area contributed by atoms with Gasteiger partial charge in [0.05, 0.1) is 17.9 Å². The van der Waals surface area contributed by atoms with Crippen LogP contribution in [0.1, 0.15) is 25.1 Å². The molecule has 1 unspecified atom stereocenters. The van der Waals surface area contributed by atoms with E-state index >= 15 is 0 Å². The lowest BCUT2D eigenvalue weighted by molar-refractivity contribution is -0.450. The quantitative estimate of drug-likeness (QED) is 0.254. The number of nitrogens with two attached hydrogens (primary N) is 2. The first-order valence-electron chi connectivity index (χ1n) is 9.07. The first kappa shape index (κ1) is 21.8. The molecule has 0 aliphatic carbocycles. The van der Waals surface area contributed by atoms with E-state index in [1.54, 1.807) is 24.4 Å². The maximum absolute atomic E-state index is 12.8. The molecular weight excluding hydrogens is 374 g/mol. The Kier molecular flexibility index (Phi) is 7.27. The number of primary amides is 1. The van der Waals surface area contributed by atoms with Crippen LogP contribution in [0.15, 0.2) is 42.6 Å². The van der Waals surface area contributed by atoms with Crippen LogP contribution in [0, 0.1) is 0 Å². The third-order valence-electron chi connectivity index (χ3n) is 4.24. The van der Waals surface area contributed by atoms with Gasteiger partial charge in [0, 0.05) is 11.9 Å². The van der Waals surface area contributed by atoms with E-state index in [1.165, 1.54) is 6.92 Å². The summed E-state index contributed by atoms with van der Waals surface area (Å²) in [6.07, 6.45) is 1.67. The summed E-state index contributed by atoms with van der Waals surface area (Å²) in [5.41, 5.74) is 11.4. The number of carbonyl (C=O) groups excluding carboxylic acids is 2. The van der Waals surface area contributed by atoms with Crippen molar-refractivity contribution < 1.29 is 24.4 Å². The van der Waals surface area contributed by atoms with Crippen LogP contribution in [0.4, 0.5) is 5.69 Å². The molecule has 0 saturated carbocycles. The molecule has 1 atom stereocenters. The number of rotatable bonds is 9. The normalized spacial score (nSPS) is 13.4. The van der Waals surface area contributed by atoms with Crippen LogP contribution in [0.5, 0.6) is 5.75 Å². The lowest BCUT2D eigenvalue weighted by Gasteiger charge is -2.24. The fourth-order valence-corrected chi connectivity index (χ4v) is 2.45. The number of aliphatic hydroxyl groups excluding tert-OH is 1. The van der Waals surface area contributed by atoms with E-state index in [0.717, 1.165) is 5.69 Å². The molecule has 0 bridgehead atoms. The van der Waals surface area contributed by atoms with E-state index in [0.29, 0.717) is 23.5 Å². The predicted molar refractivity (Wildman–Crippen MR) is 108 cm³/mol. The van der Waals surface area contributed by atoms with Gasteiger partial charge >= 0.3 is 5.91 Å². The lowest BCUT2D eigenvalue weighted by Crippen LogP contribution is -2.76. The van der Waals surface area contributed by atoms with Crippen LogP contribution in [0.25, 0.3) is 0 Å². The Morgan fingerprint density at radius 2 is 2.07 bits per heavy atom. The van der Waals surface area contributed by atoms with Gasteiger partial charge in [-0.05, 0) is 44.2 Å². The molecule has 0 spiro atoms. The summed E-state index contributed by atoms with van der Waals surface area (Å²) in [5.74, 6) is -0.997. The summed E-state index contributed by atoms with van der Waals surface area (Å²) >= 11 is 0. The fourth-order valence-electron chi connectivity index (χ4n) is 2.45. The first-order chi connectivity index (χ1) is 13.8. The molecule has 0 radical (unpaired) electrons. The van der Waals surface area contributed by atoms with Crippen LogP contribution < -0.4 is 26.5 Å². The van der Waals surface area contributed by atoms with E-state index < -0.39 is 24.0 Å². The zero-order valence-corrected chi connectivity index (χ0v) is 16.4. The van der Waals surface area contributed by atoms with Crippen LogP contribution in [0.2, 0.25) is 0 Å². The van der Waals surface area contributed by atoms with Gasteiger partial charge in [0.15, 0.2) is 0 Å². The van der Waals surface area contributed by atoms with Crippen molar-refractivity contribution in [1.29, 1.82) is 0 Å². The van der Waals surface area contributed by atoms with Gasteiger partial charge in [0.1, 0.15) is 24.4 Å². The van der Waals surface area contributed by atoms with Crippen molar-refractivity contribution in [2.24, 2.45) is 5.73 Å². The van der Waals surface area contributed by atoms with E-state index in [2.05, 4.69) is 15.3 Å². The Morgan fingerprint density at radius 3 is 2.66 bits per heavy atom. The topological polar surface area (TPSA) is 155 Å². The number of benzene rings is 1. The van der Waals surface area contributed by atoms with Gasteiger partial charge in [-0.25, -0.2) is 4.99 Å². The number of aliphatic hydroxyl groups is 1. The molecule has 2 amide bonds. The fraction of sp³-hybridized carbons (Fsp3) is 0.300. The van der Waals surface area contributed by atoms with E-state index in [9.17, 15) is 14.7 Å². The van der Waals surface area contributed by atoms with Crippen LogP contribution in [-0.4, -0.2) is 46.3 Å². The van der Waals surface area contributed by atoms with Crippen LogP contribution >= 0.6 is 0 Å². The Morgan fingerprint density at radius 1 is 1.31 bits per heavy atom. The molecule has 2 rings (SSSR count). The van der Waals surface area contributed by atoms with Gasteiger partial charge in [0.2, 0.25) is 5.91 Å². The number of anilines is 1. The van der Waals surface area contributed by atoms with Crippen molar-refractivity contribution in [3.8, 4) is 5.75 Å². The zero-order valence-electron chi connectivity index (χ0n) is 16.4. The summed E-state index contributed by atoms with van der Waals surface area (Å²) in [4.78, 5) is 31.6. The highest BCUT2D eigenvalue weighted by atomic mass is 16.5. The smallest absolute Gasteiger partial charge is 0.317 e. The number of nitrogens with zero attached hydrogens (tertiary/aromatic N) is 1. The SMILES string of the molecule is CC[NH+]=C(C(=O)NC(C)(CO)C(N)=O)c1cc(OCc2ccccn2)ccc1N. The Labute approximate surface area is 168 Å². The molecular formula is C20H26N5O4+. The molecule has 9 heteroatoms. The van der Waals surface area contributed by atoms with E-state index in [-0.39, 0.29) is 12.3 Å². The van der Waals surface area contributed by atoms with Crippen molar-refractivity contribution in [1.82, 2.24) is 10.3 Å². The average Bonchev–Trinajstić information content (AvgIpc) is 2.72. The van der Waals surface area contributed by atoms with Gasteiger partial charge in [0.25, 0.3) is 5.71 Å². The maximum Gasteiger partial charge on any atom is 0.317 e. The highest BCUT2D eigenvalue weighted by Crippen LogP contribution is 2.21. The highest BCUT2D eigenvalue weighted by Gasteiger charge is 2.36. The number of amides is 2. The largest absolute Gasteiger partial charge is 0.487 e. The number of ether oxygens (including phenoxy) is 1. The molecule has 0 aliphatic rings. The molecule has 0 fully saturated rings.